The number of carbonyl (C=O) groups is 2. The molecule has 1 aromatic heterocycles. The number of fused-ring (bicyclic) bond motifs is 1. The third-order valence-corrected chi connectivity index (χ3v) is 6.09. The van der Waals surface area contributed by atoms with E-state index in [4.69, 9.17) is 9.47 Å². The molecule has 3 heterocycles. The molecule has 0 aliphatic carbocycles. The van der Waals surface area contributed by atoms with Gasteiger partial charge in [0.1, 0.15) is 18.1 Å². The minimum Gasteiger partial charge on any atom is -0.474 e. The van der Waals surface area contributed by atoms with E-state index in [1.807, 2.05) is 12.1 Å². The maximum absolute atomic E-state index is 12.6. The Morgan fingerprint density at radius 1 is 1.20 bits per heavy atom. The first-order chi connectivity index (χ1) is 16.0. The second-order valence-electron chi connectivity index (χ2n) is 8.25. The summed E-state index contributed by atoms with van der Waals surface area (Å²) >= 11 is 0. The van der Waals surface area contributed by atoms with Crippen molar-refractivity contribution in [2.45, 2.75) is 44.1 Å². The van der Waals surface area contributed by atoms with Gasteiger partial charge in [0.05, 0.1) is 13.2 Å². The zero-order chi connectivity index (χ0) is 23.2. The van der Waals surface area contributed by atoms with Gasteiger partial charge in [-0.15, -0.1) is 24.8 Å². The number of piperidine rings is 1. The van der Waals surface area contributed by atoms with Gasteiger partial charge in [-0.05, 0) is 17.5 Å². The summed E-state index contributed by atoms with van der Waals surface area (Å²) in [5.74, 6) is -0.101. The van der Waals surface area contributed by atoms with Crippen LogP contribution in [0.4, 0.5) is 4.79 Å². The van der Waals surface area contributed by atoms with Gasteiger partial charge in [-0.25, -0.2) is 14.8 Å². The number of carbonyl (C=O) groups excluding carboxylic acids is 2. The zero-order valence-electron chi connectivity index (χ0n) is 19.4. The van der Waals surface area contributed by atoms with Gasteiger partial charge in [-0.1, -0.05) is 24.3 Å². The van der Waals surface area contributed by atoms with Crippen molar-refractivity contribution in [3.63, 3.8) is 0 Å². The lowest BCUT2D eigenvalue weighted by Gasteiger charge is -2.30. The molecule has 2 atom stereocenters. The van der Waals surface area contributed by atoms with Crippen LogP contribution in [0.1, 0.15) is 34.5 Å². The summed E-state index contributed by atoms with van der Waals surface area (Å²) in [6.07, 6.45) is 2.08. The first-order valence-electron chi connectivity index (χ1n) is 11.1. The molecule has 0 unspecified atom stereocenters. The summed E-state index contributed by atoms with van der Waals surface area (Å²) in [5.41, 5.74) is 2.61. The number of ether oxygens (including phenoxy) is 2. The number of hydrogen-bond donors (Lipinski definition) is 3. The number of aromatic nitrogens is 2. The Morgan fingerprint density at radius 3 is 2.63 bits per heavy atom. The zero-order valence-corrected chi connectivity index (χ0v) is 21.0. The summed E-state index contributed by atoms with van der Waals surface area (Å²) in [7, 11) is 1.36. The van der Waals surface area contributed by atoms with Crippen molar-refractivity contribution in [2.75, 3.05) is 26.7 Å². The van der Waals surface area contributed by atoms with Gasteiger partial charge in [0.2, 0.25) is 5.88 Å². The van der Waals surface area contributed by atoms with Gasteiger partial charge in [0.15, 0.2) is 0 Å². The summed E-state index contributed by atoms with van der Waals surface area (Å²) < 4.78 is 10.6. The van der Waals surface area contributed by atoms with E-state index in [1.165, 1.54) is 30.6 Å². The summed E-state index contributed by atoms with van der Waals surface area (Å²) in [4.78, 5) is 33.9. The number of benzene rings is 1. The molecular formula is C23H31Cl2N5O5. The second-order valence-corrected chi connectivity index (χ2v) is 8.25. The van der Waals surface area contributed by atoms with E-state index >= 15 is 0 Å². The molecule has 2 aliphatic rings. The summed E-state index contributed by atoms with van der Waals surface area (Å²) in [6.45, 7) is 1.86. The number of amides is 2. The van der Waals surface area contributed by atoms with Crippen LogP contribution in [0, 0.1) is 0 Å². The topological polar surface area (TPSA) is 126 Å². The maximum Gasteiger partial charge on any atom is 0.409 e. The highest BCUT2D eigenvalue weighted by molar-refractivity contribution is 5.92. The molecule has 2 amide bonds. The van der Waals surface area contributed by atoms with Gasteiger partial charge >= 0.3 is 6.09 Å². The number of nitrogens with zero attached hydrogens (tertiary/aromatic N) is 3. The molecule has 10 nitrogen and oxygen atoms in total. The Bertz CT molecular complexity index is 990. The van der Waals surface area contributed by atoms with Gasteiger partial charge in [-0.2, -0.15) is 0 Å². The van der Waals surface area contributed by atoms with Crippen molar-refractivity contribution in [1.29, 1.82) is 0 Å². The van der Waals surface area contributed by atoms with Crippen molar-refractivity contribution in [1.82, 2.24) is 25.5 Å². The number of hydrogen-bond acceptors (Lipinski definition) is 8. The fourth-order valence-corrected chi connectivity index (χ4v) is 4.17. The molecule has 2 aliphatic heterocycles. The first-order valence-corrected chi connectivity index (χ1v) is 11.1. The largest absolute Gasteiger partial charge is 0.474 e. The minimum absolute atomic E-state index is 0. The van der Waals surface area contributed by atoms with Gasteiger partial charge in [-0.3, -0.25) is 4.79 Å². The Labute approximate surface area is 216 Å². The Morgan fingerprint density at radius 2 is 1.91 bits per heavy atom. The lowest BCUT2D eigenvalue weighted by atomic mass is 9.93. The predicted octanol–water partition coefficient (Wildman–Crippen LogP) is 1.73. The number of halogens is 2. The molecule has 1 saturated heterocycles. The molecule has 0 bridgehead atoms. The first kappa shape index (κ1) is 28.6. The fourth-order valence-electron chi connectivity index (χ4n) is 4.17. The molecule has 1 aromatic carbocycles. The SMILES string of the molecule is COC(=O)N1CCC(Oc2cc(C(=O)NC[C@@H](O)[C@@H]3Cc4ccccc4CN3)ncn2)CC1.Cl.Cl. The van der Waals surface area contributed by atoms with E-state index in [2.05, 4.69) is 32.7 Å². The fraction of sp³-hybridized carbons (Fsp3) is 0.478. The van der Waals surface area contributed by atoms with Crippen molar-refractivity contribution in [3.8, 4) is 5.88 Å². The maximum atomic E-state index is 12.6. The minimum atomic E-state index is -0.736. The lowest BCUT2D eigenvalue weighted by molar-refractivity contribution is 0.0766. The van der Waals surface area contributed by atoms with Crippen LogP contribution in [0.5, 0.6) is 5.88 Å². The molecule has 1 fully saturated rings. The van der Waals surface area contributed by atoms with Crippen molar-refractivity contribution in [2.24, 2.45) is 0 Å². The average molecular weight is 528 g/mol. The number of nitrogens with one attached hydrogen (secondary N) is 2. The Hall–Kier alpha value is -2.66. The summed E-state index contributed by atoms with van der Waals surface area (Å²) in [6, 6.07) is 9.49. The van der Waals surface area contributed by atoms with Crippen LogP contribution < -0.4 is 15.4 Å². The van der Waals surface area contributed by atoms with Gasteiger partial charge in [0.25, 0.3) is 5.91 Å². The second kappa shape index (κ2) is 13.4. The van der Waals surface area contributed by atoms with Gasteiger partial charge in [0, 0.05) is 51.1 Å². The van der Waals surface area contributed by atoms with Crippen LogP contribution in [0.15, 0.2) is 36.7 Å². The predicted molar refractivity (Wildman–Crippen MR) is 133 cm³/mol. The Kier molecular flexibility index (Phi) is 11.0. The Balaban J connectivity index is 0.00000216. The lowest BCUT2D eigenvalue weighted by Crippen LogP contribution is -2.49. The standard InChI is InChI=1S/C23H29N5O5.2ClH/c1-32-23(31)28-8-6-17(7-9-28)33-21-11-19(26-14-27-21)22(30)25-13-20(29)18-10-15-4-2-3-5-16(15)12-24-18;;/h2-5,11,14,17-18,20,24,29H,6-10,12-13H2,1H3,(H,25,30);2*1H/t18-,20+;;/m0../s1. The smallest absolute Gasteiger partial charge is 0.409 e. The molecule has 0 spiro atoms. The number of aliphatic hydroxyl groups is 1. The van der Waals surface area contributed by atoms with E-state index in [0.717, 1.165) is 0 Å². The molecule has 3 N–H and O–H groups in total. The monoisotopic (exact) mass is 527 g/mol. The third-order valence-electron chi connectivity index (χ3n) is 6.09. The van der Waals surface area contributed by atoms with E-state index in [0.29, 0.717) is 44.8 Å². The van der Waals surface area contributed by atoms with E-state index in [9.17, 15) is 14.7 Å². The van der Waals surface area contributed by atoms with Crippen LogP contribution in [0.25, 0.3) is 0 Å². The molecule has 0 saturated carbocycles. The third kappa shape index (κ3) is 7.41. The van der Waals surface area contributed by atoms with Crippen molar-refractivity contribution >= 4 is 36.8 Å². The van der Waals surface area contributed by atoms with Gasteiger partial charge < -0.3 is 30.1 Å². The van der Waals surface area contributed by atoms with E-state index in [-0.39, 0.29) is 55.3 Å². The van der Waals surface area contributed by atoms with Crippen LogP contribution in [-0.2, 0) is 17.7 Å². The van der Waals surface area contributed by atoms with Crippen molar-refractivity contribution in [3.05, 3.63) is 53.5 Å². The average Bonchev–Trinajstić information content (AvgIpc) is 2.87. The summed E-state index contributed by atoms with van der Waals surface area (Å²) in [5, 5.41) is 16.6. The molecule has 2 aromatic rings. The highest BCUT2D eigenvalue weighted by Crippen LogP contribution is 2.19. The quantitative estimate of drug-likeness (QED) is 0.518. The molecule has 0 radical (unpaired) electrons. The van der Waals surface area contributed by atoms with E-state index in [1.54, 1.807) is 4.90 Å². The van der Waals surface area contributed by atoms with E-state index < -0.39 is 12.0 Å². The number of aliphatic hydroxyl groups excluding tert-OH is 1. The van der Waals surface area contributed by atoms with Crippen LogP contribution >= 0.6 is 24.8 Å². The highest BCUT2D eigenvalue weighted by atomic mass is 35.5. The molecular weight excluding hydrogens is 497 g/mol. The number of rotatable bonds is 6. The van der Waals surface area contributed by atoms with Crippen LogP contribution in [0.3, 0.4) is 0 Å². The number of likely N-dealkylation sites (tertiary alicyclic amines) is 1. The molecule has 4 rings (SSSR count). The molecule has 35 heavy (non-hydrogen) atoms. The highest BCUT2D eigenvalue weighted by Gasteiger charge is 2.26. The van der Waals surface area contributed by atoms with Crippen molar-refractivity contribution < 1.29 is 24.2 Å². The molecule has 12 heteroatoms. The normalized spacial score (nSPS) is 18.2. The number of methoxy groups -OCH3 is 1. The van der Waals surface area contributed by atoms with Crippen LogP contribution in [0.2, 0.25) is 0 Å². The molecule has 192 valence electrons. The van der Waals surface area contributed by atoms with Crippen LogP contribution in [-0.4, -0.2) is 77.0 Å².